The van der Waals surface area contributed by atoms with Crippen LogP contribution < -0.4 is 10.4 Å². The highest BCUT2D eigenvalue weighted by Gasteiger charge is 2.51. The largest absolute Gasteiger partial charge is 0.466 e. The van der Waals surface area contributed by atoms with Crippen molar-refractivity contribution in [2.45, 2.75) is 71.4 Å². The van der Waals surface area contributed by atoms with E-state index in [0.717, 1.165) is 19.3 Å². The van der Waals surface area contributed by atoms with Crippen LogP contribution in [0, 0.1) is 17.8 Å². The highest BCUT2D eigenvalue weighted by atomic mass is 28.4. The summed E-state index contributed by atoms with van der Waals surface area (Å²) in [6.07, 6.45) is 5.41. The first-order chi connectivity index (χ1) is 18.2. The first-order valence-electron chi connectivity index (χ1n) is 13.8. The predicted molar refractivity (Wildman–Crippen MR) is 157 cm³/mol. The number of rotatable bonds is 12. The van der Waals surface area contributed by atoms with Gasteiger partial charge in [0.15, 0.2) is 0 Å². The van der Waals surface area contributed by atoms with Gasteiger partial charge in [0.1, 0.15) is 0 Å². The number of carbonyl (C=O) groups is 1. The lowest BCUT2D eigenvalue weighted by atomic mass is 9.82. The number of benzene rings is 2. The predicted octanol–water partition coefficient (Wildman–Crippen LogP) is 6.80. The van der Waals surface area contributed by atoms with Crippen LogP contribution in [0.25, 0.3) is 10.4 Å². The lowest BCUT2D eigenvalue weighted by Gasteiger charge is -2.44. The van der Waals surface area contributed by atoms with E-state index in [0.29, 0.717) is 24.5 Å². The zero-order chi connectivity index (χ0) is 27.8. The van der Waals surface area contributed by atoms with Crippen molar-refractivity contribution < 1.29 is 14.0 Å². The van der Waals surface area contributed by atoms with Crippen LogP contribution in [0.4, 0.5) is 0 Å². The van der Waals surface area contributed by atoms with Crippen molar-refractivity contribution in [1.29, 1.82) is 0 Å². The molecule has 3 rings (SSSR count). The van der Waals surface area contributed by atoms with Crippen molar-refractivity contribution in [3.8, 4) is 0 Å². The summed E-state index contributed by atoms with van der Waals surface area (Å²) in [5.41, 5.74) is 10.1. The number of azide groups is 1. The van der Waals surface area contributed by atoms with Gasteiger partial charge in [-0.2, -0.15) is 0 Å². The van der Waals surface area contributed by atoms with Gasteiger partial charge in [0.05, 0.1) is 7.11 Å². The molecule has 1 aliphatic carbocycles. The first kappa shape index (κ1) is 29.7. The topological polar surface area (TPSA) is 84.3 Å². The molecule has 0 bridgehead atoms. The van der Waals surface area contributed by atoms with Gasteiger partial charge in [-0.25, -0.2) is 4.79 Å². The number of carbonyl (C=O) groups excluding carboxylic acids is 1. The SMILES string of the molecule is CCC(CC)C[C@H](N=[N+]=[N-])[C@@H]1CC(C(=O)OC)=C[C@H]1CO[Si](c1ccccc1)(c1ccccc1)C(C)(C)C. The van der Waals surface area contributed by atoms with E-state index in [1.807, 2.05) is 18.2 Å². The first-order valence-corrected chi connectivity index (χ1v) is 15.7. The average Bonchev–Trinajstić information content (AvgIpc) is 3.35. The summed E-state index contributed by atoms with van der Waals surface area (Å²) in [5.74, 6) is 0.0746. The van der Waals surface area contributed by atoms with Crippen molar-refractivity contribution in [3.63, 3.8) is 0 Å². The van der Waals surface area contributed by atoms with Crippen molar-refractivity contribution in [1.82, 2.24) is 0 Å². The van der Waals surface area contributed by atoms with Crippen LogP contribution >= 0.6 is 0 Å². The highest BCUT2D eigenvalue weighted by molar-refractivity contribution is 6.99. The van der Waals surface area contributed by atoms with Crippen LogP contribution in [0.3, 0.4) is 0 Å². The zero-order valence-corrected chi connectivity index (χ0v) is 24.8. The Kier molecular flexibility index (Phi) is 10.4. The van der Waals surface area contributed by atoms with Gasteiger partial charge >= 0.3 is 5.97 Å². The van der Waals surface area contributed by atoms with E-state index in [-0.39, 0.29) is 28.9 Å². The number of nitrogens with zero attached hydrogens (tertiary/aromatic N) is 3. The highest BCUT2D eigenvalue weighted by Crippen LogP contribution is 2.41. The number of hydrogen-bond donors (Lipinski definition) is 0. The summed E-state index contributed by atoms with van der Waals surface area (Å²) >= 11 is 0. The summed E-state index contributed by atoms with van der Waals surface area (Å²) in [6, 6.07) is 20.9. The summed E-state index contributed by atoms with van der Waals surface area (Å²) in [5, 5.41) is 6.55. The molecular weight excluding hydrogens is 490 g/mol. The van der Waals surface area contributed by atoms with Gasteiger partial charge in [0.2, 0.25) is 0 Å². The third-order valence-corrected chi connectivity index (χ3v) is 13.2. The second-order valence-corrected chi connectivity index (χ2v) is 15.7. The molecule has 0 unspecified atom stereocenters. The standard InChI is InChI=1S/C31H43N3O3Si/c1-7-23(8-2)19-29(33-34-32)28-21-24(30(35)36-6)20-25(28)22-37-38(31(3,4)5,26-15-11-9-12-16-26)27-17-13-10-14-18-27/h9-18,20,23,25,28-29H,7-8,19,21-22H2,1-6H3/t25-,28+,29-/m0/s1. The van der Waals surface area contributed by atoms with Gasteiger partial charge in [-0.15, -0.1) is 0 Å². The van der Waals surface area contributed by atoms with Gasteiger partial charge in [-0.05, 0) is 45.6 Å². The van der Waals surface area contributed by atoms with Gasteiger partial charge in [0.25, 0.3) is 8.32 Å². The molecule has 0 aromatic heterocycles. The van der Waals surface area contributed by atoms with E-state index in [1.165, 1.54) is 17.5 Å². The molecule has 1 aliphatic rings. The fraction of sp³-hybridized carbons (Fsp3) is 0.516. The van der Waals surface area contributed by atoms with Crippen LogP contribution in [0.15, 0.2) is 77.4 Å². The van der Waals surface area contributed by atoms with E-state index in [1.54, 1.807) is 0 Å². The van der Waals surface area contributed by atoms with E-state index in [2.05, 4.69) is 93.2 Å². The molecule has 0 N–H and O–H groups in total. The number of esters is 1. The molecule has 38 heavy (non-hydrogen) atoms. The van der Waals surface area contributed by atoms with E-state index in [9.17, 15) is 10.3 Å². The van der Waals surface area contributed by atoms with E-state index < -0.39 is 8.32 Å². The van der Waals surface area contributed by atoms with Crippen LogP contribution in [-0.4, -0.2) is 34.0 Å². The van der Waals surface area contributed by atoms with Crippen molar-refractivity contribution in [3.05, 3.63) is 82.8 Å². The Labute approximate surface area is 229 Å². The molecule has 0 aliphatic heterocycles. The molecule has 204 valence electrons. The molecule has 0 saturated heterocycles. The van der Waals surface area contributed by atoms with Crippen LogP contribution in [-0.2, 0) is 14.0 Å². The third kappa shape index (κ3) is 6.40. The Bertz CT molecular complexity index is 1080. The van der Waals surface area contributed by atoms with Crippen molar-refractivity contribution >= 4 is 24.7 Å². The molecule has 2 aromatic carbocycles. The average molecular weight is 534 g/mol. The summed E-state index contributed by atoms with van der Waals surface area (Å²) in [7, 11) is -1.34. The molecule has 0 heterocycles. The third-order valence-electron chi connectivity index (χ3n) is 8.20. The number of hydrogen-bond acceptors (Lipinski definition) is 4. The fourth-order valence-electron chi connectivity index (χ4n) is 6.05. The van der Waals surface area contributed by atoms with Crippen LogP contribution in [0.1, 0.15) is 60.3 Å². The normalized spacial score (nSPS) is 18.6. The molecule has 0 saturated carbocycles. The van der Waals surface area contributed by atoms with E-state index >= 15 is 0 Å². The lowest BCUT2D eigenvalue weighted by Crippen LogP contribution is -2.67. The Balaban J connectivity index is 2.05. The van der Waals surface area contributed by atoms with Crippen LogP contribution in [0.5, 0.6) is 0 Å². The summed E-state index contributed by atoms with van der Waals surface area (Å²) in [6.45, 7) is 11.6. The van der Waals surface area contributed by atoms with Gasteiger partial charge in [-0.1, -0.05) is 119 Å². The maximum Gasteiger partial charge on any atom is 0.333 e. The Hall–Kier alpha value is -2.86. The Morgan fingerprint density at radius 1 is 1.05 bits per heavy atom. The molecular formula is C31H43N3O3Si. The minimum Gasteiger partial charge on any atom is -0.466 e. The monoisotopic (exact) mass is 533 g/mol. The van der Waals surface area contributed by atoms with Crippen molar-refractivity contribution in [2.75, 3.05) is 13.7 Å². The van der Waals surface area contributed by atoms with Gasteiger partial charge in [-0.3, -0.25) is 0 Å². The lowest BCUT2D eigenvalue weighted by molar-refractivity contribution is -0.136. The van der Waals surface area contributed by atoms with Gasteiger partial charge in [0, 0.05) is 29.1 Å². The minimum absolute atomic E-state index is 0.0150. The summed E-state index contributed by atoms with van der Waals surface area (Å²) < 4.78 is 12.3. The smallest absolute Gasteiger partial charge is 0.333 e. The zero-order valence-electron chi connectivity index (χ0n) is 23.8. The molecule has 2 aromatic rings. The number of ether oxygens (including phenoxy) is 1. The number of methoxy groups -OCH3 is 1. The molecule has 6 nitrogen and oxygen atoms in total. The Morgan fingerprint density at radius 3 is 2.05 bits per heavy atom. The molecule has 3 atom stereocenters. The second kappa shape index (κ2) is 13.3. The molecule has 0 fully saturated rings. The fourth-order valence-corrected chi connectivity index (χ4v) is 10.6. The Morgan fingerprint density at radius 2 is 1.61 bits per heavy atom. The maximum absolute atomic E-state index is 12.6. The second-order valence-electron chi connectivity index (χ2n) is 11.4. The molecule has 7 heteroatoms. The van der Waals surface area contributed by atoms with Gasteiger partial charge < -0.3 is 9.16 Å². The minimum atomic E-state index is -2.75. The molecule has 0 radical (unpaired) electrons. The maximum atomic E-state index is 12.6. The summed E-state index contributed by atoms with van der Waals surface area (Å²) in [4.78, 5) is 15.8. The molecule has 0 amide bonds. The van der Waals surface area contributed by atoms with Crippen molar-refractivity contribution in [2.24, 2.45) is 22.9 Å². The molecule has 0 spiro atoms. The van der Waals surface area contributed by atoms with E-state index in [4.69, 9.17) is 9.16 Å². The quantitative estimate of drug-likeness (QED) is 0.0988. The van der Waals surface area contributed by atoms with Crippen LogP contribution in [0.2, 0.25) is 5.04 Å².